The Balaban J connectivity index is 2.45. The van der Waals surface area contributed by atoms with Gasteiger partial charge in [0.15, 0.2) is 0 Å². The summed E-state index contributed by atoms with van der Waals surface area (Å²) in [6, 6.07) is 4.23. The normalized spacial score (nSPS) is 19.3. The summed E-state index contributed by atoms with van der Waals surface area (Å²) in [5.74, 6) is 3.02. The topological polar surface area (TPSA) is 21.3 Å². The average molecular weight is 258 g/mol. The molecule has 1 aliphatic heterocycles. The van der Waals surface area contributed by atoms with Crippen molar-refractivity contribution < 1.29 is 4.74 Å². The van der Waals surface area contributed by atoms with E-state index in [0.717, 1.165) is 28.8 Å². The third-order valence-corrected chi connectivity index (χ3v) is 4.20. The van der Waals surface area contributed by atoms with E-state index in [-0.39, 0.29) is 0 Å². The molecule has 2 rings (SSSR count). The van der Waals surface area contributed by atoms with E-state index < -0.39 is 0 Å². The molecule has 0 saturated heterocycles. The predicted octanol–water partition coefficient (Wildman–Crippen LogP) is 3.25. The van der Waals surface area contributed by atoms with E-state index in [1.165, 1.54) is 11.1 Å². The second-order valence-electron chi connectivity index (χ2n) is 3.77. The van der Waals surface area contributed by atoms with Gasteiger partial charge < -0.3 is 10.1 Å². The summed E-state index contributed by atoms with van der Waals surface area (Å²) in [7, 11) is 1.71. The fourth-order valence-electron chi connectivity index (χ4n) is 2.10. The summed E-state index contributed by atoms with van der Waals surface area (Å²) in [6.45, 7) is 3.07. The van der Waals surface area contributed by atoms with Crippen LogP contribution in [0, 0.1) is 0 Å². The van der Waals surface area contributed by atoms with Crippen LogP contribution in [-0.4, -0.2) is 19.4 Å². The second kappa shape index (κ2) is 5.30. The largest absolute Gasteiger partial charge is 0.496 e. The van der Waals surface area contributed by atoms with Crippen molar-refractivity contribution in [1.29, 1.82) is 0 Å². The van der Waals surface area contributed by atoms with Crippen molar-refractivity contribution in [3.8, 4) is 5.75 Å². The number of nitrogens with one attached hydrogen (secondary N) is 1. The first-order valence-corrected chi connectivity index (χ1v) is 6.97. The molecule has 0 aliphatic carbocycles. The van der Waals surface area contributed by atoms with Crippen molar-refractivity contribution in [2.45, 2.75) is 18.7 Å². The summed E-state index contributed by atoms with van der Waals surface area (Å²) in [5, 5.41) is 4.32. The highest BCUT2D eigenvalue weighted by Crippen LogP contribution is 2.40. The van der Waals surface area contributed by atoms with Gasteiger partial charge in [-0.25, -0.2) is 0 Å². The SMILES string of the molecule is CCNC1CSCc2c(OC)ccc(Cl)c21. The molecule has 1 aromatic carbocycles. The predicted molar refractivity (Wildman–Crippen MR) is 70.6 cm³/mol. The van der Waals surface area contributed by atoms with Crippen LogP contribution in [0.3, 0.4) is 0 Å². The van der Waals surface area contributed by atoms with Crippen LogP contribution in [0.1, 0.15) is 24.1 Å². The molecule has 1 N–H and O–H groups in total. The van der Waals surface area contributed by atoms with Crippen molar-refractivity contribution in [1.82, 2.24) is 5.32 Å². The zero-order valence-electron chi connectivity index (χ0n) is 9.55. The van der Waals surface area contributed by atoms with E-state index in [4.69, 9.17) is 16.3 Å². The Morgan fingerprint density at radius 3 is 3.06 bits per heavy atom. The average Bonchev–Trinajstić information content (AvgIpc) is 2.30. The van der Waals surface area contributed by atoms with E-state index in [1.807, 2.05) is 23.9 Å². The Kier molecular flexibility index (Phi) is 4.00. The maximum absolute atomic E-state index is 6.30. The Morgan fingerprint density at radius 1 is 1.56 bits per heavy atom. The number of hydrogen-bond donors (Lipinski definition) is 1. The van der Waals surface area contributed by atoms with Crippen LogP contribution in [0.2, 0.25) is 5.02 Å². The molecular formula is C12H16ClNOS. The van der Waals surface area contributed by atoms with Crippen LogP contribution in [0.4, 0.5) is 0 Å². The molecule has 88 valence electrons. The lowest BCUT2D eigenvalue weighted by Crippen LogP contribution is -2.27. The minimum absolute atomic E-state index is 0.348. The number of thioether (sulfide) groups is 1. The molecule has 16 heavy (non-hydrogen) atoms. The standard InChI is InChI=1S/C12H16ClNOS/c1-3-14-10-7-16-6-8-11(15-2)5-4-9(13)12(8)10/h4-5,10,14H,3,6-7H2,1-2H3. The quantitative estimate of drug-likeness (QED) is 0.898. The van der Waals surface area contributed by atoms with Crippen LogP contribution in [0.15, 0.2) is 12.1 Å². The molecule has 0 bridgehead atoms. The number of halogens is 1. The molecule has 1 atom stereocenters. The zero-order valence-corrected chi connectivity index (χ0v) is 11.1. The van der Waals surface area contributed by atoms with Crippen molar-refractivity contribution in [2.24, 2.45) is 0 Å². The van der Waals surface area contributed by atoms with Crippen LogP contribution in [0.25, 0.3) is 0 Å². The Bertz CT molecular complexity index is 384. The summed E-state index contributed by atoms with van der Waals surface area (Å²) >= 11 is 8.22. The van der Waals surface area contributed by atoms with Gasteiger partial charge in [0, 0.05) is 28.1 Å². The number of methoxy groups -OCH3 is 1. The highest BCUT2D eigenvalue weighted by molar-refractivity contribution is 7.98. The number of fused-ring (bicyclic) bond motifs is 1. The number of benzene rings is 1. The minimum Gasteiger partial charge on any atom is -0.496 e. The number of hydrogen-bond acceptors (Lipinski definition) is 3. The van der Waals surface area contributed by atoms with Crippen LogP contribution >= 0.6 is 23.4 Å². The molecule has 1 unspecified atom stereocenters. The highest BCUT2D eigenvalue weighted by atomic mass is 35.5. The first-order chi connectivity index (χ1) is 7.77. The van der Waals surface area contributed by atoms with E-state index in [0.29, 0.717) is 6.04 Å². The van der Waals surface area contributed by atoms with Crippen LogP contribution in [0.5, 0.6) is 5.75 Å². The number of ether oxygens (including phenoxy) is 1. The summed E-state index contributed by atoms with van der Waals surface area (Å²) in [4.78, 5) is 0. The fraction of sp³-hybridized carbons (Fsp3) is 0.500. The van der Waals surface area contributed by atoms with Gasteiger partial charge in [0.05, 0.1) is 7.11 Å². The molecular weight excluding hydrogens is 242 g/mol. The second-order valence-corrected chi connectivity index (χ2v) is 5.20. The third kappa shape index (κ3) is 2.17. The van der Waals surface area contributed by atoms with Gasteiger partial charge in [-0.15, -0.1) is 0 Å². The molecule has 1 aromatic rings. The van der Waals surface area contributed by atoms with Gasteiger partial charge in [-0.1, -0.05) is 18.5 Å². The van der Waals surface area contributed by atoms with Crippen molar-refractivity contribution in [3.63, 3.8) is 0 Å². The molecule has 0 spiro atoms. The van der Waals surface area contributed by atoms with Gasteiger partial charge in [0.25, 0.3) is 0 Å². The van der Waals surface area contributed by atoms with Crippen molar-refractivity contribution in [3.05, 3.63) is 28.3 Å². The monoisotopic (exact) mass is 257 g/mol. The van der Waals surface area contributed by atoms with E-state index >= 15 is 0 Å². The lowest BCUT2D eigenvalue weighted by Gasteiger charge is -2.28. The van der Waals surface area contributed by atoms with Gasteiger partial charge in [-0.3, -0.25) is 0 Å². The van der Waals surface area contributed by atoms with Crippen molar-refractivity contribution in [2.75, 3.05) is 19.4 Å². The minimum atomic E-state index is 0.348. The van der Waals surface area contributed by atoms with E-state index in [1.54, 1.807) is 7.11 Å². The lowest BCUT2D eigenvalue weighted by atomic mass is 10.0. The maximum atomic E-state index is 6.30. The van der Waals surface area contributed by atoms with E-state index in [2.05, 4.69) is 12.2 Å². The zero-order chi connectivity index (χ0) is 11.5. The molecule has 1 aliphatic rings. The third-order valence-electron chi connectivity index (χ3n) is 2.81. The van der Waals surface area contributed by atoms with Gasteiger partial charge >= 0.3 is 0 Å². The molecule has 2 nitrogen and oxygen atoms in total. The molecule has 0 aromatic heterocycles. The Hall–Kier alpha value is -0.380. The first-order valence-electron chi connectivity index (χ1n) is 5.44. The Morgan fingerprint density at radius 2 is 2.38 bits per heavy atom. The van der Waals surface area contributed by atoms with Crippen LogP contribution < -0.4 is 10.1 Å². The van der Waals surface area contributed by atoms with E-state index in [9.17, 15) is 0 Å². The highest BCUT2D eigenvalue weighted by Gasteiger charge is 2.25. The molecule has 0 amide bonds. The van der Waals surface area contributed by atoms with Gasteiger partial charge in [-0.2, -0.15) is 11.8 Å². The molecule has 0 saturated carbocycles. The van der Waals surface area contributed by atoms with Gasteiger partial charge in [0.1, 0.15) is 5.75 Å². The summed E-state index contributed by atoms with van der Waals surface area (Å²) in [6.07, 6.45) is 0. The van der Waals surface area contributed by atoms with Crippen LogP contribution in [-0.2, 0) is 5.75 Å². The fourth-order valence-corrected chi connectivity index (χ4v) is 3.55. The van der Waals surface area contributed by atoms with Gasteiger partial charge in [0.2, 0.25) is 0 Å². The van der Waals surface area contributed by atoms with Gasteiger partial charge in [-0.05, 0) is 24.2 Å². The smallest absolute Gasteiger partial charge is 0.123 e. The molecule has 0 fully saturated rings. The Labute approximate surface area is 106 Å². The van der Waals surface area contributed by atoms with Crippen molar-refractivity contribution >= 4 is 23.4 Å². The lowest BCUT2D eigenvalue weighted by molar-refractivity contribution is 0.409. The molecule has 1 heterocycles. The molecule has 0 radical (unpaired) electrons. The number of rotatable bonds is 3. The maximum Gasteiger partial charge on any atom is 0.123 e. The summed E-state index contributed by atoms with van der Waals surface area (Å²) < 4.78 is 5.39. The summed E-state index contributed by atoms with van der Waals surface area (Å²) in [5.41, 5.74) is 2.47. The first kappa shape index (κ1) is 12.1. The molecule has 4 heteroatoms.